The number of carbonyl (C=O) groups excluding carboxylic acids is 1. The smallest absolute Gasteiger partial charge is 0.444 e. The molecule has 2 rings (SSSR count). The zero-order valence-electron chi connectivity index (χ0n) is 9.56. The van der Waals surface area contributed by atoms with E-state index in [-0.39, 0.29) is 35.5 Å². The summed E-state index contributed by atoms with van der Waals surface area (Å²) in [5.74, 6) is -0.0512. The largest absolute Gasteiger partial charge is 1.00 e. The third-order valence-corrected chi connectivity index (χ3v) is 1.90. The van der Waals surface area contributed by atoms with Crippen LogP contribution in [-0.4, -0.2) is 10.9 Å². The minimum Gasteiger partial charge on any atom is -0.444 e. The van der Waals surface area contributed by atoms with Gasteiger partial charge in [0.25, 0.3) is 0 Å². The van der Waals surface area contributed by atoms with Gasteiger partial charge < -0.3 is 20.4 Å². The van der Waals surface area contributed by atoms with Crippen LogP contribution in [0.15, 0.2) is 35.8 Å². The Labute approximate surface area is 120 Å². The summed E-state index contributed by atoms with van der Waals surface area (Å²) >= 11 is 0. The van der Waals surface area contributed by atoms with Crippen molar-refractivity contribution in [1.82, 2.24) is 4.98 Å². The molecule has 0 radical (unpaired) electrons. The number of hydrogen-bond donors (Lipinski definition) is 2. The fourth-order valence-corrected chi connectivity index (χ4v) is 1.36. The van der Waals surface area contributed by atoms with Crippen molar-refractivity contribution in [2.75, 3.05) is 5.32 Å². The van der Waals surface area contributed by atoms with Crippen LogP contribution in [-0.2, 0) is 4.79 Å². The van der Waals surface area contributed by atoms with Gasteiger partial charge >= 0.3 is 29.6 Å². The number of nitrogens with one attached hydrogen (secondary N) is 2. The summed E-state index contributed by atoms with van der Waals surface area (Å²) < 4.78 is 0. The van der Waals surface area contributed by atoms with Crippen molar-refractivity contribution in [3.63, 3.8) is 0 Å². The molecule has 7 heteroatoms. The van der Waals surface area contributed by atoms with Crippen molar-refractivity contribution in [1.29, 1.82) is 0 Å². The van der Waals surface area contributed by atoms with Gasteiger partial charge in [-0.25, -0.2) is 0 Å². The standard InChI is InChI=1S/C10H10N2O.HNO2.Na/c1-7(13)12-10-6-11-9-5-3-2-4-8(9)10;2-1-3;/h2-6,11H,1H3,(H,12,13);(H,2,3);/q;;+1/p-1. The number of carbonyl (C=O) groups is 1. The monoisotopic (exact) mass is 243 g/mol. The van der Waals surface area contributed by atoms with E-state index in [2.05, 4.69) is 10.3 Å². The zero-order valence-corrected chi connectivity index (χ0v) is 11.6. The molecule has 0 saturated heterocycles. The van der Waals surface area contributed by atoms with Gasteiger partial charge in [0.15, 0.2) is 0 Å². The molecule has 0 atom stereocenters. The number of fused-ring (bicyclic) bond motifs is 1. The number of hydrogen-bond acceptors (Lipinski definition) is 4. The first-order valence-corrected chi connectivity index (χ1v) is 4.47. The van der Waals surface area contributed by atoms with Gasteiger partial charge in [0.1, 0.15) is 0 Å². The normalized spacial score (nSPS) is 8.53. The number of benzene rings is 1. The first-order chi connectivity index (χ1) is 7.69. The average molecular weight is 243 g/mol. The molecule has 2 aromatic rings. The Morgan fingerprint density at radius 2 is 2.00 bits per heavy atom. The molecular weight excluding hydrogens is 233 g/mol. The molecule has 2 N–H and O–H groups in total. The van der Waals surface area contributed by atoms with Crippen LogP contribution in [0.5, 0.6) is 0 Å². The summed E-state index contributed by atoms with van der Waals surface area (Å²) in [6.45, 7) is 1.50. The second-order valence-electron chi connectivity index (χ2n) is 3.00. The molecule has 0 fully saturated rings. The molecule has 17 heavy (non-hydrogen) atoms. The van der Waals surface area contributed by atoms with Crippen molar-refractivity contribution in [2.24, 2.45) is 5.34 Å². The van der Waals surface area contributed by atoms with Gasteiger partial charge in [-0.05, 0) is 6.07 Å². The molecule has 1 amide bonds. The number of para-hydroxylation sites is 1. The van der Waals surface area contributed by atoms with Crippen molar-refractivity contribution in [2.45, 2.75) is 6.92 Å². The van der Waals surface area contributed by atoms with E-state index in [1.54, 1.807) is 6.20 Å². The number of amides is 1. The van der Waals surface area contributed by atoms with E-state index >= 15 is 0 Å². The molecule has 0 spiro atoms. The SMILES string of the molecule is CC(=O)Nc1c[nH]c2ccccc12.O=N[O-].[Na+]. The third kappa shape index (κ3) is 4.56. The van der Waals surface area contributed by atoms with E-state index in [9.17, 15) is 4.79 Å². The first kappa shape index (κ1) is 15.6. The van der Waals surface area contributed by atoms with Crippen LogP contribution in [0.2, 0.25) is 0 Å². The summed E-state index contributed by atoms with van der Waals surface area (Å²) in [7, 11) is 0. The molecule has 6 nitrogen and oxygen atoms in total. The van der Waals surface area contributed by atoms with Crippen LogP contribution in [0.4, 0.5) is 5.69 Å². The van der Waals surface area contributed by atoms with Crippen LogP contribution in [0, 0.1) is 10.1 Å². The Morgan fingerprint density at radius 3 is 2.59 bits per heavy atom. The number of H-pyrrole nitrogens is 1. The number of aromatic amines is 1. The predicted molar refractivity (Wildman–Crippen MR) is 61.8 cm³/mol. The summed E-state index contributed by atoms with van der Waals surface area (Å²) in [6, 6.07) is 7.84. The summed E-state index contributed by atoms with van der Waals surface area (Å²) in [5, 5.41) is 12.8. The molecule has 1 aromatic carbocycles. The summed E-state index contributed by atoms with van der Waals surface area (Å²) in [5.41, 5.74) is 1.87. The molecular formula is C10H10N3NaO3. The Hall–Kier alpha value is -1.37. The van der Waals surface area contributed by atoms with Gasteiger partial charge in [-0.3, -0.25) is 4.79 Å². The van der Waals surface area contributed by atoms with Gasteiger partial charge in [-0.1, -0.05) is 18.2 Å². The van der Waals surface area contributed by atoms with E-state index in [0.29, 0.717) is 0 Å². The number of nitrogens with zero attached hydrogens (tertiary/aromatic N) is 1. The second-order valence-corrected chi connectivity index (χ2v) is 3.00. The minimum atomic E-state index is -0.0512. The topological polar surface area (TPSA) is 97.4 Å². The maximum Gasteiger partial charge on any atom is 1.00 e. The van der Waals surface area contributed by atoms with E-state index < -0.39 is 0 Å². The molecule has 0 aliphatic heterocycles. The van der Waals surface area contributed by atoms with Gasteiger partial charge in [-0.15, -0.1) is 5.34 Å². The summed E-state index contributed by atoms with van der Waals surface area (Å²) in [4.78, 5) is 21.9. The Balaban J connectivity index is 0.000000583. The number of rotatable bonds is 1. The fraction of sp³-hybridized carbons (Fsp3) is 0.100. The van der Waals surface area contributed by atoms with Crippen LogP contribution in [0.25, 0.3) is 10.9 Å². The van der Waals surface area contributed by atoms with Crippen LogP contribution < -0.4 is 34.9 Å². The molecule has 0 unspecified atom stereocenters. The second kappa shape index (κ2) is 7.83. The Morgan fingerprint density at radius 1 is 1.41 bits per heavy atom. The van der Waals surface area contributed by atoms with E-state index in [1.807, 2.05) is 24.3 Å². The van der Waals surface area contributed by atoms with Crippen LogP contribution >= 0.6 is 0 Å². The van der Waals surface area contributed by atoms with Crippen molar-refractivity contribution >= 4 is 22.5 Å². The van der Waals surface area contributed by atoms with Gasteiger partial charge in [0.05, 0.1) is 5.69 Å². The van der Waals surface area contributed by atoms with Crippen molar-refractivity contribution < 1.29 is 34.4 Å². The van der Waals surface area contributed by atoms with Gasteiger partial charge in [0, 0.05) is 24.0 Å². The van der Waals surface area contributed by atoms with E-state index in [1.165, 1.54) is 6.92 Å². The molecule has 0 aliphatic rings. The van der Waals surface area contributed by atoms with Gasteiger partial charge in [-0.2, -0.15) is 0 Å². The Kier molecular flexibility index (Phi) is 7.20. The molecule has 84 valence electrons. The molecule has 1 heterocycles. The van der Waals surface area contributed by atoms with Gasteiger partial charge in [0.2, 0.25) is 5.91 Å². The number of aromatic nitrogens is 1. The molecule has 0 bridgehead atoms. The predicted octanol–water partition coefficient (Wildman–Crippen LogP) is -0.619. The van der Waals surface area contributed by atoms with E-state index in [4.69, 9.17) is 10.1 Å². The average Bonchev–Trinajstić information content (AvgIpc) is 2.63. The maximum absolute atomic E-state index is 10.8. The molecule has 1 aromatic heterocycles. The first-order valence-electron chi connectivity index (χ1n) is 4.47. The quantitative estimate of drug-likeness (QED) is 0.397. The van der Waals surface area contributed by atoms with Crippen LogP contribution in [0.3, 0.4) is 0 Å². The van der Waals surface area contributed by atoms with E-state index in [0.717, 1.165) is 21.9 Å². The number of anilines is 1. The maximum atomic E-state index is 10.8. The zero-order chi connectivity index (χ0) is 12.0. The third-order valence-electron chi connectivity index (χ3n) is 1.90. The minimum absolute atomic E-state index is 0. The summed E-state index contributed by atoms with van der Waals surface area (Å²) in [6.07, 6.45) is 1.80. The van der Waals surface area contributed by atoms with Crippen molar-refractivity contribution in [3.05, 3.63) is 40.6 Å². The Bertz CT molecular complexity index is 498. The van der Waals surface area contributed by atoms with Crippen LogP contribution in [0.1, 0.15) is 6.92 Å². The molecule has 0 saturated carbocycles. The van der Waals surface area contributed by atoms with Crippen molar-refractivity contribution in [3.8, 4) is 0 Å². The fourth-order valence-electron chi connectivity index (χ4n) is 1.36. The molecule has 0 aliphatic carbocycles.